The van der Waals surface area contributed by atoms with E-state index in [2.05, 4.69) is 0 Å². The summed E-state index contributed by atoms with van der Waals surface area (Å²) in [6, 6.07) is -2.76. The van der Waals surface area contributed by atoms with Gasteiger partial charge in [0.2, 0.25) is 5.43 Å². The molecule has 7 nitrogen and oxygen atoms in total. The Kier molecular flexibility index (Phi) is 2.28. The van der Waals surface area contributed by atoms with Crippen LogP contribution in [0.5, 0.6) is 5.75 Å². The van der Waals surface area contributed by atoms with Crippen LogP contribution in [0.4, 0.5) is 10.1 Å². The van der Waals surface area contributed by atoms with E-state index >= 15 is 4.39 Å². The summed E-state index contributed by atoms with van der Waals surface area (Å²) in [5.41, 5.74) is -3.58. The van der Waals surface area contributed by atoms with E-state index in [1.807, 2.05) is 0 Å². The van der Waals surface area contributed by atoms with Crippen molar-refractivity contribution in [2.24, 2.45) is 0 Å². The molecule has 2 atom stereocenters. The average Bonchev–Trinajstić information content (AvgIpc) is 2.67. The number of carboxylic acid groups (broad SMARTS) is 1. The summed E-state index contributed by atoms with van der Waals surface area (Å²) in [5, 5.41) is 8.83. The number of hydrogen-bond acceptors (Lipinski definition) is 5. The number of hydrogen-bond donors (Lipinski definition) is 1. The van der Waals surface area contributed by atoms with Gasteiger partial charge in [0.15, 0.2) is 11.6 Å². The van der Waals surface area contributed by atoms with Crippen LogP contribution >= 0.6 is 0 Å². The van der Waals surface area contributed by atoms with Crippen LogP contribution in [-0.4, -0.2) is 60.3 Å². The third kappa shape index (κ3) is 2.44. The number of carbonyl (C=O) groups is 1. The molecule has 1 N–H and O–H groups in total. The second kappa shape index (κ2) is 5.98. The molecule has 0 amide bonds. The molecule has 138 valence electrons. The van der Waals surface area contributed by atoms with Crippen LogP contribution < -0.4 is 15.1 Å². The molecule has 1 aromatic heterocycles. The Hall–Kier alpha value is -2.61. The van der Waals surface area contributed by atoms with Crippen molar-refractivity contribution in [2.45, 2.75) is 12.9 Å². The molecule has 4 rings (SSSR count). The summed E-state index contributed by atoms with van der Waals surface area (Å²) in [5.74, 6) is -3.71. The lowest BCUT2D eigenvalue weighted by molar-refractivity contribution is 0.0694. The molecule has 0 bridgehead atoms. The van der Waals surface area contributed by atoms with Crippen molar-refractivity contribution in [2.75, 3.05) is 44.7 Å². The number of piperazine rings is 1. The maximum atomic E-state index is 15.4. The number of rotatable bonds is 2. The minimum absolute atomic E-state index is 0.100. The number of aromatic nitrogens is 1. The predicted molar refractivity (Wildman–Crippen MR) is 95.0 cm³/mol. The molecule has 1 unspecified atom stereocenters. The van der Waals surface area contributed by atoms with Gasteiger partial charge in [-0.15, -0.1) is 0 Å². The third-order valence-corrected chi connectivity index (χ3v) is 4.41. The van der Waals surface area contributed by atoms with E-state index in [-0.39, 0.29) is 17.7 Å². The molecule has 1 fully saturated rings. The van der Waals surface area contributed by atoms with Crippen molar-refractivity contribution in [1.29, 1.82) is 0 Å². The van der Waals surface area contributed by atoms with Gasteiger partial charge in [-0.3, -0.25) is 4.79 Å². The minimum Gasteiger partial charge on any atom is -0.487 e. The highest BCUT2D eigenvalue weighted by Crippen LogP contribution is 2.42. The smallest absolute Gasteiger partial charge is 0.341 e. The van der Waals surface area contributed by atoms with Crippen LogP contribution in [0, 0.1) is 5.82 Å². The fraction of sp³-hybridized carbons (Fsp3) is 0.444. The van der Waals surface area contributed by atoms with Crippen molar-refractivity contribution in [1.82, 2.24) is 9.47 Å². The van der Waals surface area contributed by atoms with Gasteiger partial charge in [0.25, 0.3) is 0 Å². The summed E-state index contributed by atoms with van der Waals surface area (Å²) in [6.07, 6.45) is -1.23. The van der Waals surface area contributed by atoms with Gasteiger partial charge in [-0.1, -0.05) is 0 Å². The predicted octanol–water partition coefficient (Wildman–Crippen LogP) is 1.54. The maximum Gasteiger partial charge on any atom is 0.341 e. The monoisotopic (exact) mass is 369 g/mol. The quantitative estimate of drug-likeness (QED) is 0.866. The Bertz CT molecular complexity index is 1280. The number of halogens is 1. The Morgan fingerprint density at radius 2 is 2.35 bits per heavy atom. The summed E-state index contributed by atoms with van der Waals surface area (Å²) in [6.45, 7) is -7.31. The molecule has 0 spiro atoms. The molecular formula is C18H20FN3O4. The molecule has 1 aromatic carbocycles. The maximum absolute atomic E-state index is 15.4. The highest BCUT2D eigenvalue weighted by atomic mass is 19.1. The fourth-order valence-corrected chi connectivity index (χ4v) is 3.08. The first-order chi connectivity index (χ1) is 15.5. The van der Waals surface area contributed by atoms with Crippen molar-refractivity contribution >= 4 is 22.6 Å². The lowest BCUT2D eigenvalue weighted by atomic mass is 10.1. The number of anilines is 1. The van der Waals surface area contributed by atoms with Gasteiger partial charge in [-0.05, 0) is 20.0 Å². The van der Waals surface area contributed by atoms with Crippen LogP contribution in [0.1, 0.15) is 34.2 Å². The Morgan fingerprint density at radius 1 is 1.54 bits per heavy atom. The molecule has 0 aliphatic carbocycles. The van der Waals surface area contributed by atoms with Crippen LogP contribution in [-0.2, 0) is 0 Å². The van der Waals surface area contributed by atoms with E-state index in [0.717, 1.165) is 0 Å². The van der Waals surface area contributed by atoms with E-state index in [4.69, 9.17) is 15.7 Å². The van der Waals surface area contributed by atoms with E-state index in [1.54, 1.807) is 11.9 Å². The van der Waals surface area contributed by atoms with Gasteiger partial charge >= 0.3 is 5.97 Å². The van der Waals surface area contributed by atoms with Crippen molar-refractivity contribution in [3.63, 3.8) is 0 Å². The van der Waals surface area contributed by atoms with Gasteiger partial charge in [-0.2, -0.15) is 0 Å². The number of likely N-dealkylation sites (N-methyl/N-ethyl adjacent to an activating group) is 1. The zero-order valence-corrected chi connectivity index (χ0v) is 13.7. The standard InChI is InChI=1S/C18H20FN3O4/c1-10-9-26-17-14-11(16(23)12(18(24)25)8-22(10)14)7-13(19)15(17)21-5-3-20(2)4-6-21/h7-8,10H,3-6,9H2,1-2H3,(H,24,25)/t10-/m0/s1/i1D3,5D,8D,9D2,10D/t5?,10-. The molecule has 2 aliphatic rings. The van der Waals surface area contributed by atoms with E-state index in [0.29, 0.717) is 12.6 Å². The van der Waals surface area contributed by atoms with Gasteiger partial charge in [-0.25, -0.2) is 9.18 Å². The zero-order valence-electron chi connectivity index (χ0n) is 21.7. The van der Waals surface area contributed by atoms with Crippen LogP contribution in [0.2, 0.25) is 0 Å². The SMILES string of the molecule is [2H]c1c(C(=O)O)c(=O)c2cc(F)c(N3CCN(C)CC3[2H])c3c2n1[C@@]([2H])(C([2H])([2H])[2H])C([2H])([2H])O3. The molecule has 3 heterocycles. The lowest BCUT2D eigenvalue weighted by Gasteiger charge is -2.37. The summed E-state index contributed by atoms with van der Waals surface area (Å²) in [4.78, 5) is 27.7. The normalized spacial score (nSPS) is 32.8. The topological polar surface area (TPSA) is 75.0 Å². The zero-order chi connectivity index (χ0) is 25.5. The molecule has 2 aliphatic heterocycles. The second-order valence-electron chi connectivity index (χ2n) is 6.08. The first-order valence-corrected chi connectivity index (χ1v) is 7.76. The Labute approximate surface area is 160 Å². The van der Waals surface area contributed by atoms with E-state index in [1.165, 1.54) is 4.90 Å². The highest BCUT2D eigenvalue weighted by molar-refractivity contribution is 5.97. The number of ether oxygens (including phenoxy) is 1. The average molecular weight is 369 g/mol. The highest BCUT2D eigenvalue weighted by Gasteiger charge is 2.30. The number of benzene rings is 1. The molecule has 2 aromatic rings. The summed E-state index contributed by atoms with van der Waals surface area (Å²) < 4.78 is 86.4. The molecule has 26 heavy (non-hydrogen) atoms. The molecule has 1 saturated heterocycles. The molecule has 0 radical (unpaired) electrons. The van der Waals surface area contributed by atoms with Gasteiger partial charge in [0.05, 0.1) is 23.8 Å². The van der Waals surface area contributed by atoms with Gasteiger partial charge in [0, 0.05) is 36.4 Å². The van der Waals surface area contributed by atoms with Crippen molar-refractivity contribution in [3.05, 3.63) is 33.8 Å². The molecule has 0 saturated carbocycles. The van der Waals surface area contributed by atoms with Gasteiger partial charge in [0.1, 0.15) is 17.8 Å². The Morgan fingerprint density at radius 3 is 3.04 bits per heavy atom. The van der Waals surface area contributed by atoms with Gasteiger partial charge < -0.3 is 24.2 Å². The summed E-state index contributed by atoms with van der Waals surface area (Å²) >= 11 is 0. The lowest BCUT2D eigenvalue weighted by Crippen LogP contribution is -2.45. The molecule has 8 heteroatoms. The second-order valence-corrected chi connectivity index (χ2v) is 6.08. The number of pyridine rings is 1. The number of nitrogens with zero attached hydrogens (tertiary/aromatic N) is 3. The molecular weight excluding hydrogens is 341 g/mol. The first-order valence-electron chi connectivity index (χ1n) is 11.8. The first kappa shape index (κ1) is 9.91. The van der Waals surface area contributed by atoms with Crippen LogP contribution in [0.15, 0.2) is 17.0 Å². The van der Waals surface area contributed by atoms with Crippen molar-refractivity contribution < 1.29 is 30.0 Å². The van der Waals surface area contributed by atoms with E-state index < -0.39 is 77.2 Å². The van der Waals surface area contributed by atoms with Crippen LogP contribution in [0.3, 0.4) is 0 Å². The van der Waals surface area contributed by atoms with E-state index in [9.17, 15) is 14.7 Å². The largest absolute Gasteiger partial charge is 0.487 e. The van der Waals surface area contributed by atoms with Crippen LogP contribution in [0.25, 0.3) is 10.9 Å². The third-order valence-electron chi connectivity index (χ3n) is 4.41. The fourth-order valence-electron chi connectivity index (χ4n) is 3.08. The minimum atomic E-state index is -3.51. The number of carboxylic acids is 1. The number of aromatic carboxylic acids is 1. The van der Waals surface area contributed by atoms with Crippen molar-refractivity contribution in [3.8, 4) is 5.75 Å². The summed E-state index contributed by atoms with van der Waals surface area (Å²) in [7, 11) is 1.75. The Balaban J connectivity index is 2.23.